The molecular formula is C14H23NO2. The van der Waals surface area contributed by atoms with E-state index < -0.39 is 0 Å². The lowest BCUT2D eigenvalue weighted by molar-refractivity contribution is 0.353. The van der Waals surface area contributed by atoms with E-state index >= 15 is 0 Å². The highest BCUT2D eigenvalue weighted by Gasteiger charge is 2.14. The molecule has 1 aromatic rings. The third kappa shape index (κ3) is 3.37. The molecule has 0 aromatic heterocycles. The molecule has 96 valence electrons. The van der Waals surface area contributed by atoms with Crippen molar-refractivity contribution in [2.24, 2.45) is 5.73 Å². The Morgan fingerprint density at radius 3 is 2.00 bits per heavy atom. The number of benzene rings is 1. The summed E-state index contributed by atoms with van der Waals surface area (Å²) in [5, 5.41) is 0. The quantitative estimate of drug-likeness (QED) is 0.856. The number of methoxy groups -OCH3 is 2. The lowest BCUT2D eigenvalue weighted by atomic mass is 9.93. The van der Waals surface area contributed by atoms with Crippen LogP contribution in [0.3, 0.4) is 0 Å². The van der Waals surface area contributed by atoms with Gasteiger partial charge in [-0.05, 0) is 42.5 Å². The van der Waals surface area contributed by atoms with Crippen molar-refractivity contribution in [2.75, 3.05) is 14.2 Å². The first kappa shape index (κ1) is 13.8. The average Bonchev–Trinajstić information content (AvgIpc) is 2.27. The minimum atomic E-state index is 0.144. The third-order valence-corrected chi connectivity index (χ3v) is 2.81. The van der Waals surface area contributed by atoms with Crippen LogP contribution in [0.4, 0.5) is 0 Å². The molecule has 0 spiro atoms. The zero-order valence-corrected chi connectivity index (χ0v) is 11.4. The molecule has 3 heteroatoms. The summed E-state index contributed by atoms with van der Waals surface area (Å²) in [5.41, 5.74) is 8.40. The van der Waals surface area contributed by atoms with Gasteiger partial charge >= 0.3 is 0 Å². The van der Waals surface area contributed by atoms with E-state index in [0.29, 0.717) is 5.92 Å². The van der Waals surface area contributed by atoms with Gasteiger partial charge in [0.05, 0.1) is 14.2 Å². The fraction of sp³-hybridized carbons (Fsp3) is 0.571. The zero-order chi connectivity index (χ0) is 13.0. The highest BCUT2D eigenvalue weighted by molar-refractivity contribution is 5.48. The molecule has 0 aliphatic rings. The Balaban J connectivity index is 3.24. The smallest absolute Gasteiger partial charge is 0.161 e. The Morgan fingerprint density at radius 1 is 1.06 bits per heavy atom. The normalized spacial score (nSPS) is 12.6. The van der Waals surface area contributed by atoms with E-state index in [1.807, 2.05) is 13.0 Å². The standard InChI is InChI=1S/C14H23NO2/c1-9(2)12-8-14(17-5)13(16-4)7-11(12)6-10(3)15/h7-10H,6,15H2,1-5H3. The van der Waals surface area contributed by atoms with E-state index in [1.165, 1.54) is 11.1 Å². The van der Waals surface area contributed by atoms with Crippen LogP contribution in [0.25, 0.3) is 0 Å². The van der Waals surface area contributed by atoms with Crippen LogP contribution in [0.5, 0.6) is 11.5 Å². The second-order valence-electron chi connectivity index (χ2n) is 4.74. The molecule has 1 aromatic carbocycles. The van der Waals surface area contributed by atoms with E-state index in [-0.39, 0.29) is 6.04 Å². The highest BCUT2D eigenvalue weighted by Crippen LogP contribution is 2.34. The number of ether oxygens (including phenoxy) is 2. The van der Waals surface area contributed by atoms with Gasteiger partial charge in [-0.2, -0.15) is 0 Å². The lowest BCUT2D eigenvalue weighted by Crippen LogP contribution is -2.19. The molecule has 0 aliphatic heterocycles. The summed E-state index contributed by atoms with van der Waals surface area (Å²) < 4.78 is 10.7. The molecule has 0 radical (unpaired) electrons. The molecule has 1 rings (SSSR count). The SMILES string of the molecule is COc1cc(CC(C)N)c(C(C)C)cc1OC. The summed E-state index contributed by atoms with van der Waals surface area (Å²) >= 11 is 0. The molecular weight excluding hydrogens is 214 g/mol. The molecule has 0 amide bonds. The Bertz CT molecular complexity index is 373. The van der Waals surface area contributed by atoms with Gasteiger partial charge in [0.1, 0.15) is 0 Å². The van der Waals surface area contributed by atoms with E-state index in [2.05, 4.69) is 19.9 Å². The largest absolute Gasteiger partial charge is 0.493 e. The van der Waals surface area contributed by atoms with Crippen molar-refractivity contribution in [1.29, 1.82) is 0 Å². The van der Waals surface area contributed by atoms with Crippen LogP contribution in [0.2, 0.25) is 0 Å². The van der Waals surface area contributed by atoms with E-state index in [4.69, 9.17) is 15.2 Å². The minimum absolute atomic E-state index is 0.144. The molecule has 0 heterocycles. The molecule has 2 N–H and O–H groups in total. The van der Waals surface area contributed by atoms with Crippen LogP contribution >= 0.6 is 0 Å². The maximum atomic E-state index is 5.88. The maximum absolute atomic E-state index is 5.88. The Morgan fingerprint density at radius 2 is 1.59 bits per heavy atom. The van der Waals surface area contributed by atoms with Gasteiger partial charge in [-0.3, -0.25) is 0 Å². The van der Waals surface area contributed by atoms with Crippen molar-refractivity contribution < 1.29 is 9.47 Å². The molecule has 1 unspecified atom stereocenters. The van der Waals surface area contributed by atoms with E-state index in [1.54, 1.807) is 14.2 Å². The van der Waals surface area contributed by atoms with Crippen LogP contribution in [0.15, 0.2) is 12.1 Å². The summed E-state index contributed by atoms with van der Waals surface area (Å²) in [7, 11) is 3.32. The fourth-order valence-corrected chi connectivity index (χ4v) is 2.00. The van der Waals surface area contributed by atoms with Gasteiger partial charge in [0, 0.05) is 6.04 Å². The number of nitrogens with two attached hydrogens (primary N) is 1. The van der Waals surface area contributed by atoms with Crippen molar-refractivity contribution in [3.63, 3.8) is 0 Å². The molecule has 17 heavy (non-hydrogen) atoms. The monoisotopic (exact) mass is 237 g/mol. The van der Waals surface area contributed by atoms with E-state index in [0.717, 1.165) is 17.9 Å². The maximum Gasteiger partial charge on any atom is 0.161 e. The van der Waals surface area contributed by atoms with Gasteiger partial charge in [-0.15, -0.1) is 0 Å². The highest BCUT2D eigenvalue weighted by atomic mass is 16.5. The number of hydrogen-bond acceptors (Lipinski definition) is 3. The van der Waals surface area contributed by atoms with Gasteiger partial charge in [0.15, 0.2) is 11.5 Å². The van der Waals surface area contributed by atoms with Crippen molar-refractivity contribution in [3.8, 4) is 11.5 Å². The van der Waals surface area contributed by atoms with Crippen molar-refractivity contribution in [2.45, 2.75) is 39.2 Å². The molecule has 0 fully saturated rings. The van der Waals surface area contributed by atoms with Crippen molar-refractivity contribution >= 4 is 0 Å². The molecule has 3 nitrogen and oxygen atoms in total. The van der Waals surface area contributed by atoms with E-state index in [9.17, 15) is 0 Å². The number of rotatable bonds is 5. The summed E-state index contributed by atoms with van der Waals surface area (Å²) in [5.74, 6) is 2.00. The zero-order valence-electron chi connectivity index (χ0n) is 11.4. The second-order valence-corrected chi connectivity index (χ2v) is 4.74. The second kappa shape index (κ2) is 5.92. The van der Waals surface area contributed by atoms with Crippen LogP contribution in [-0.4, -0.2) is 20.3 Å². The Labute approximate surface area is 104 Å². The Hall–Kier alpha value is -1.22. The summed E-state index contributed by atoms with van der Waals surface area (Å²) in [6.07, 6.45) is 0.855. The summed E-state index contributed by atoms with van der Waals surface area (Å²) in [4.78, 5) is 0. The third-order valence-electron chi connectivity index (χ3n) is 2.81. The minimum Gasteiger partial charge on any atom is -0.493 e. The summed E-state index contributed by atoms with van der Waals surface area (Å²) in [6.45, 7) is 6.36. The molecule has 0 saturated carbocycles. The molecule has 0 saturated heterocycles. The first-order valence-electron chi connectivity index (χ1n) is 6.00. The lowest BCUT2D eigenvalue weighted by Gasteiger charge is -2.18. The first-order chi connectivity index (χ1) is 7.99. The van der Waals surface area contributed by atoms with Gasteiger partial charge in [0.2, 0.25) is 0 Å². The number of hydrogen-bond donors (Lipinski definition) is 1. The molecule has 0 bridgehead atoms. The van der Waals surface area contributed by atoms with Crippen LogP contribution in [-0.2, 0) is 6.42 Å². The average molecular weight is 237 g/mol. The fourth-order valence-electron chi connectivity index (χ4n) is 2.00. The van der Waals surface area contributed by atoms with Gasteiger partial charge in [-0.25, -0.2) is 0 Å². The van der Waals surface area contributed by atoms with Crippen LogP contribution in [0, 0.1) is 0 Å². The molecule has 1 atom stereocenters. The first-order valence-corrected chi connectivity index (χ1v) is 6.00. The summed E-state index contributed by atoms with van der Waals surface area (Å²) in [6, 6.07) is 4.24. The predicted octanol–water partition coefficient (Wildman–Crippen LogP) is 2.72. The van der Waals surface area contributed by atoms with Gasteiger partial charge in [0.25, 0.3) is 0 Å². The topological polar surface area (TPSA) is 44.5 Å². The predicted molar refractivity (Wildman–Crippen MR) is 71.0 cm³/mol. The van der Waals surface area contributed by atoms with Gasteiger partial charge in [-0.1, -0.05) is 13.8 Å². The van der Waals surface area contributed by atoms with Crippen molar-refractivity contribution in [1.82, 2.24) is 0 Å². The van der Waals surface area contributed by atoms with Crippen LogP contribution < -0.4 is 15.2 Å². The molecule has 0 aliphatic carbocycles. The van der Waals surface area contributed by atoms with Gasteiger partial charge < -0.3 is 15.2 Å². The Kier molecular flexibility index (Phi) is 4.82. The van der Waals surface area contributed by atoms with Crippen molar-refractivity contribution in [3.05, 3.63) is 23.3 Å². The van der Waals surface area contributed by atoms with Crippen LogP contribution in [0.1, 0.15) is 37.8 Å².